The summed E-state index contributed by atoms with van der Waals surface area (Å²) in [7, 11) is 3.75. The van der Waals surface area contributed by atoms with Crippen molar-refractivity contribution in [2.75, 3.05) is 14.2 Å². The molecule has 0 saturated carbocycles. The van der Waals surface area contributed by atoms with E-state index in [2.05, 4.69) is 25.8 Å². The first kappa shape index (κ1) is 17.2. The average molecular weight is 291 g/mol. The van der Waals surface area contributed by atoms with Crippen LogP contribution in [0.25, 0.3) is 6.08 Å². The number of nitrogens with zero attached hydrogens (tertiary/aromatic N) is 1. The number of methoxy groups -OCH3 is 1. The Hall–Kier alpha value is -1.81. The van der Waals surface area contributed by atoms with E-state index < -0.39 is 5.97 Å². The van der Waals surface area contributed by atoms with Gasteiger partial charge in [0, 0.05) is 24.2 Å². The van der Waals surface area contributed by atoms with Gasteiger partial charge in [0.05, 0.1) is 7.11 Å². The minimum absolute atomic E-state index is 0.498. The molecule has 0 amide bonds. The highest BCUT2D eigenvalue weighted by atomic mass is 16.5. The van der Waals surface area contributed by atoms with Crippen LogP contribution in [0.15, 0.2) is 24.3 Å². The molecule has 0 aliphatic carbocycles. The van der Waals surface area contributed by atoms with Crippen molar-refractivity contribution >= 4 is 12.0 Å². The number of aliphatic carboxylic acids is 1. The van der Waals surface area contributed by atoms with Gasteiger partial charge in [-0.3, -0.25) is 4.90 Å². The van der Waals surface area contributed by atoms with E-state index in [4.69, 9.17) is 9.84 Å². The van der Waals surface area contributed by atoms with Crippen LogP contribution in [0.5, 0.6) is 5.75 Å². The molecule has 0 fully saturated rings. The Balaban J connectivity index is 2.92. The van der Waals surface area contributed by atoms with Crippen LogP contribution in [0.3, 0.4) is 0 Å². The average Bonchev–Trinajstić information content (AvgIpc) is 2.45. The second kappa shape index (κ2) is 8.47. The van der Waals surface area contributed by atoms with Crippen LogP contribution < -0.4 is 4.74 Å². The van der Waals surface area contributed by atoms with Crippen LogP contribution in [-0.4, -0.2) is 36.2 Å². The normalized spacial score (nSPS) is 12.8. The summed E-state index contributed by atoms with van der Waals surface area (Å²) in [5.41, 5.74) is 1.93. The van der Waals surface area contributed by atoms with Crippen LogP contribution in [0.4, 0.5) is 0 Å². The zero-order valence-electron chi connectivity index (χ0n) is 13.3. The lowest BCUT2D eigenvalue weighted by atomic mass is 10.1. The number of rotatable bonds is 8. The van der Waals surface area contributed by atoms with Crippen molar-refractivity contribution in [3.05, 3.63) is 35.4 Å². The topological polar surface area (TPSA) is 49.8 Å². The van der Waals surface area contributed by atoms with Crippen molar-refractivity contribution in [3.63, 3.8) is 0 Å². The van der Waals surface area contributed by atoms with Gasteiger partial charge in [-0.05, 0) is 44.2 Å². The molecule has 21 heavy (non-hydrogen) atoms. The molecule has 0 bridgehead atoms. The molecule has 1 aromatic carbocycles. The molecule has 0 spiro atoms. The van der Waals surface area contributed by atoms with Gasteiger partial charge in [-0.15, -0.1) is 0 Å². The molecule has 1 atom stereocenters. The summed E-state index contributed by atoms with van der Waals surface area (Å²) in [5, 5.41) is 8.70. The number of ether oxygens (including phenoxy) is 1. The van der Waals surface area contributed by atoms with Crippen molar-refractivity contribution in [2.24, 2.45) is 0 Å². The summed E-state index contributed by atoms with van der Waals surface area (Å²) < 4.78 is 5.40. The lowest BCUT2D eigenvalue weighted by Gasteiger charge is -2.25. The minimum Gasteiger partial charge on any atom is -0.496 e. The number of hydrogen-bond acceptors (Lipinski definition) is 3. The summed E-state index contributed by atoms with van der Waals surface area (Å²) >= 11 is 0. The fourth-order valence-corrected chi connectivity index (χ4v) is 2.26. The number of carboxylic acid groups (broad SMARTS) is 1. The lowest BCUT2D eigenvalue weighted by molar-refractivity contribution is -0.131. The molecule has 4 nitrogen and oxygen atoms in total. The molecule has 0 saturated heterocycles. The Kier molecular flexibility index (Phi) is 6.96. The molecule has 1 aromatic rings. The van der Waals surface area contributed by atoms with Gasteiger partial charge in [0.15, 0.2) is 0 Å². The molecule has 0 radical (unpaired) electrons. The van der Waals surface area contributed by atoms with Gasteiger partial charge in [-0.25, -0.2) is 4.79 Å². The van der Waals surface area contributed by atoms with E-state index >= 15 is 0 Å². The van der Waals surface area contributed by atoms with E-state index in [9.17, 15) is 4.79 Å². The quantitative estimate of drug-likeness (QED) is 0.746. The van der Waals surface area contributed by atoms with Gasteiger partial charge in [0.25, 0.3) is 0 Å². The summed E-state index contributed by atoms with van der Waals surface area (Å²) in [6.45, 7) is 5.17. The molecule has 1 unspecified atom stereocenters. The summed E-state index contributed by atoms with van der Waals surface area (Å²) in [6.07, 6.45) is 5.05. The largest absolute Gasteiger partial charge is 0.496 e. The predicted molar refractivity (Wildman–Crippen MR) is 85.5 cm³/mol. The third-order valence-corrected chi connectivity index (χ3v) is 3.60. The van der Waals surface area contributed by atoms with Gasteiger partial charge in [0.1, 0.15) is 5.75 Å². The number of carboxylic acids is 1. The summed E-state index contributed by atoms with van der Waals surface area (Å²) in [6, 6.07) is 6.22. The molecule has 4 heteroatoms. The smallest absolute Gasteiger partial charge is 0.328 e. The van der Waals surface area contributed by atoms with Crippen LogP contribution in [-0.2, 0) is 11.3 Å². The Morgan fingerprint density at radius 2 is 2.19 bits per heavy atom. The van der Waals surface area contributed by atoms with Crippen molar-refractivity contribution in [1.29, 1.82) is 0 Å². The first-order valence-corrected chi connectivity index (χ1v) is 7.26. The van der Waals surface area contributed by atoms with Crippen LogP contribution in [0, 0.1) is 0 Å². The lowest BCUT2D eigenvalue weighted by Crippen LogP contribution is -2.28. The van der Waals surface area contributed by atoms with Crippen LogP contribution in [0.2, 0.25) is 0 Å². The zero-order chi connectivity index (χ0) is 15.8. The molecule has 1 rings (SSSR count). The highest BCUT2D eigenvalue weighted by Gasteiger charge is 2.12. The highest BCUT2D eigenvalue weighted by molar-refractivity contribution is 5.85. The Morgan fingerprint density at radius 3 is 2.76 bits per heavy atom. The summed E-state index contributed by atoms with van der Waals surface area (Å²) in [4.78, 5) is 12.9. The van der Waals surface area contributed by atoms with E-state index in [1.807, 2.05) is 18.2 Å². The number of carbonyl (C=O) groups is 1. The Bertz CT molecular complexity index is 497. The predicted octanol–water partition coefficient (Wildman–Crippen LogP) is 3.41. The van der Waals surface area contributed by atoms with Gasteiger partial charge in [-0.1, -0.05) is 19.4 Å². The second-order valence-electron chi connectivity index (χ2n) is 5.30. The molecule has 1 N–H and O–H groups in total. The van der Waals surface area contributed by atoms with E-state index in [0.717, 1.165) is 42.3 Å². The first-order valence-electron chi connectivity index (χ1n) is 7.26. The fraction of sp³-hybridized carbons (Fsp3) is 0.471. The number of benzene rings is 1. The van der Waals surface area contributed by atoms with Gasteiger partial charge < -0.3 is 9.84 Å². The van der Waals surface area contributed by atoms with Crippen molar-refractivity contribution < 1.29 is 14.6 Å². The maximum atomic E-state index is 10.6. The highest BCUT2D eigenvalue weighted by Crippen LogP contribution is 2.23. The molecular weight excluding hydrogens is 266 g/mol. The second-order valence-corrected chi connectivity index (χ2v) is 5.30. The molecule has 0 aromatic heterocycles. The third-order valence-electron chi connectivity index (χ3n) is 3.60. The molecule has 0 heterocycles. The zero-order valence-corrected chi connectivity index (χ0v) is 13.3. The first-order chi connectivity index (χ1) is 9.97. The van der Waals surface area contributed by atoms with E-state index in [1.165, 1.54) is 0 Å². The van der Waals surface area contributed by atoms with Crippen molar-refractivity contribution in [3.8, 4) is 5.75 Å². The maximum Gasteiger partial charge on any atom is 0.328 e. The Morgan fingerprint density at radius 1 is 1.48 bits per heavy atom. The molecule has 0 aliphatic rings. The summed E-state index contributed by atoms with van der Waals surface area (Å²) in [5.74, 6) is -0.112. The number of hydrogen-bond donors (Lipinski definition) is 1. The van der Waals surface area contributed by atoms with Crippen LogP contribution >= 0.6 is 0 Å². The van der Waals surface area contributed by atoms with Crippen molar-refractivity contribution in [2.45, 2.75) is 39.3 Å². The molecule has 0 aliphatic heterocycles. The fourth-order valence-electron chi connectivity index (χ4n) is 2.26. The SMILES string of the molecule is CCCC(C)N(C)Cc1cc(C=CC(=O)O)ccc1OC. The van der Waals surface area contributed by atoms with E-state index in [-0.39, 0.29) is 0 Å². The minimum atomic E-state index is -0.943. The van der Waals surface area contributed by atoms with Crippen molar-refractivity contribution in [1.82, 2.24) is 4.90 Å². The van der Waals surface area contributed by atoms with Gasteiger partial charge in [0.2, 0.25) is 0 Å². The standard InChI is InChI=1S/C17H25NO3/c1-5-6-13(2)18(3)12-15-11-14(8-10-17(19)20)7-9-16(15)21-4/h7-11,13H,5-6,12H2,1-4H3,(H,19,20). The van der Waals surface area contributed by atoms with E-state index in [0.29, 0.717) is 6.04 Å². The van der Waals surface area contributed by atoms with E-state index in [1.54, 1.807) is 13.2 Å². The Labute approximate surface area is 127 Å². The monoisotopic (exact) mass is 291 g/mol. The molecule has 116 valence electrons. The molecular formula is C17H25NO3. The van der Waals surface area contributed by atoms with Gasteiger partial charge in [-0.2, -0.15) is 0 Å². The third kappa shape index (κ3) is 5.60. The maximum absolute atomic E-state index is 10.6. The van der Waals surface area contributed by atoms with Crippen LogP contribution in [0.1, 0.15) is 37.8 Å². The van der Waals surface area contributed by atoms with Gasteiger partial charge >= 0.3 is 5.97 Å².